The fourth-order valence-corrected chi connectivity index (χ4v) is 7.84. The van der Waals surface area contributed by atoms with Crippen molar-refractivity contribution >= 4 is 33.6 Å². The second-order valence-electron chi connectivity index (χ2n) is 10.1. The van der Waals surface area contributed by atoms with Gasteiger partial charge in [-0.05, 0) is 71.7 Å². The molecule has 4 N–H and O–H groups in total. The van der Waals surface area contributed by atoms with Crippen LogP contribution in [0.5, 0.6) is 5.75 Å². The summed E-state index contributed by atoms with van der Waals surface area (Å²) in [5.74, 6) is 5.89. The van der Waals surface area contributed by atoms with Crippen molar-refractivity contribution in [3.63, 3.8) is 0 Å². The minimum Gasteiger partial charge on any atom is -0.481 e. The van der Waals surface area contributed by atoms with E-state index in [1.807, 2.05) is 20.8 Å². The smallest absolute Gasteiger partial charge is 0.407 e. The molecular weight excluding hydrogens is 518 g/mol. The number of carbonyl (C=O) groups excluding carboxylic acids is 1. The zero-order valence-corrected chi connectivity index (χ0v) is 23.6. The number of hydroxylamine groups is 1. The zero-order valence-electron chi connectivity index (χ0n) is 22.0. The number of amides is 2. The van der Waals surface area contributed by atoms with Crippen LogP contribution in [0.15, 0.2) is 29.2 Å². The SMILES string of the molecule is CC(C)(C)N(CCCCC#CCOc1ccc(S(=O)(=O)[C@]2(C(=O)NO)NCCSC2(C)C)cc1)C(=O)O. The quantitative estimate of drug-likeness (QED) is 0.156. The largest absolute Gasteiger partial charge is 0.481 e. The zero-order chi connectivity index (χ0) is 27.9. The van der Waals surface area contributed by atoms with Gasteiger partial charge in [-0.1, -0.05) is 11.8 Å². The molecule has 0 bridgehead atoms. The van der Waals surface area contributed by atoms with E-state index in [1.165, 1.54) is 46.4 Å². The van der Waals surface area contributed by atoms with Crippen molar-refractivity contribution in [2.24, 2.45) is 0 Å². The van der Waals surface area contributed by atoms with E-state index in [9.17, 15) is 28.3 Å². The van der Waals surface area contributed by atoms with Gasteiger partial charge in [-0.2, -0.15) is 11.8 Å². The first-order chi connectivity index (χ1) is 17.2. The molecule has 10 nitrogen and oxygen atoms in total. The molecule has 206 valence electrons. The van der Waals surface area contributed by atoms with Gasteiger partial charge in [0.15, 0.2) is 0 Å². The summed E-state index contributed by atoms with van der Waals surface area (Å²) in [5.41, 5.74) is 1.08. The molecule has 1 aliphatic heterocycles. The van der Waals surface area contributed by atoms with Crippen LogP contribution < -0.4 is 15.5 Å². The summed E-state index contributed by atoms with van der Waals surface area (Å²) in [6.45, 7) is 9.72. The number of nitrogens with one attached hydrogen (secondary N) is 2. The third-order valence-corrected chi connectivity index (χ3v) is 10.3. The molecule has 0 aliphatic carbocycles. The maximum Gasteiger partial charge on any atom is 0.407 e. The molecule has 1 atom stereocenters. The topological polar surface area (TPSA) is 145 Å². The normalized spacial score (nSPS) is 19.3. The number of carbonyl (C=O) groups is 2. The van der Waals surface area contributed by atoms with E-state index in [0.717, 1.165) is 6.42 Å². The van der Waals surface area contributed by atoms with Crippen LogP contribution in [0.3, 0.4) is 0 Å². The Bertz CT molecular complexity index is 1120. The summed E-state index contributed by atoms with van der Waals surface area (Å²) in [4.78, 5) is 23.3. The third-order valence-electron chi connectivity index (χ3n) is 6.16. The number of carboxylic acid groups (broad SMARTS) is 1. The van der Waals surface area contributed by atoms with Crippen molar-refractivity contribution in [2.75, 3.05) is 25.4 Å². The van der Waals surface area contributed by atoms with E-state index in [-0.39, 0.29) is 18.0 Å². The minimum atomic E-state index is -4.25. The van der Waals surface area contributed by atoms with Gasteiger partial charge in [-0.15, -0.1) is 0 Å². The molecule has 0 saturated carbocycles. The highest BCUT2D eigenvalue weighted by Gasteiger charge is 2.62. The lowest BCUT2D eigenvalue weighted by molar-refractivity contribution is -0.133. The van der Waals surface area contributed by atoms with Gasteiger partial charge in [-0.25, -0.2) is 18.7 Å². The summed E-state index contributed by atoms with van der Waals surface area (Å²) in [6.07, 6.45) is 1.13. The Balaban J connectivity index is 1.97. The van der Waals surface area contributed by atoms with Gasteiger partial charge in [0, 0.05) is 30.8 Å². The molecule has 1 saturated heterocycles. The minimum absolute atomic E-state index is 0.0803. The summed E-state index contributed by atoms with van der Waals surface area (Å²) in [6, 6.07) is 5.72. The molecule has 0 unspecified atom stereocenters. The van der Waals surface area contributed by atoms with Crippen LogP contribution in [0.1, 0.15) is 53.9 Å². The lowest BCUT2D eigenvalue weighted by atomic mass is 10.0. The Hall–Kier alpha value is -2.46. The van der Waals surface area contributed by atoms with Gasteiger partial charge in [-0.3, -0.25) is 15.3 Å². The van der Waals surface area contributed by atoms with E-state index in [1.54, 1.807) is 13.8 Å². The number of hydrogen-bond acceptors (Lipinski definition) is 8. The van der Waals surface area contributed by atoms with Crippen LogP contribution in [-0.4, -0.2) is 76.2 Å². The highest BCUT2D eigenvalue weighted by molar-refractivity contribution is 8.02. The average molecular weight is 556 g/mol. The number of thioether (sulfide) groups is 1. The fraction of sp³-hybridized carbons (Fsp3) is 0.600. The molecule has 2 amide bonds. The Morgan fingerprint density at radius 1 is 1.19 bits per heavy atom. The van der Waals surface area contributed by atoms with E-state index < -0.39 is 37.0 Å². The standard InChI is InChI=1S/C25H37N3O7S2/c1-23(2,3)28(22(30)31)16-9-7-6-8-10-17-35-19-11-13-20(14-12-19)37(33,34)25(21(29)27-32)24(4,5)36-18-15-26-25/h11-14,26,32H,6-7,9,15-18H2,1-5H3,(H,27,29)(H,30,31)/t25-/m0/s1. The van der Waals surface area contributed by atoms with Crippen molar-refractivity contribution in [1.82, 2.24) is 15.7 Å². The number of benzene rings is 1. The molecule has 0 radical (unpaired) electrons. The van der Waals surface area contributed by atoms with Crippen LogP contribution in [0.2, 0.25) is 0 Å². The van der Waals surface area contributed by atoms with Gasteiger partial charge in [0.2, 0.25) is 14.7 Å². The van der Waals surface area contributed by atoms with E-state index in [0.29, 0.717) is 30.9 Å². The number of ether oxygens (including phenoxy) is 1. The molecule has 2 rings (SSSR count). The molecule has 0 aromatic heterocycles. The second-order valence-corrected chi connectivity index (χ2v) is 13.9. The molecule has 1 aliphatic rings. The molecule has 0 spiro atoms. The first-order valence-corrected chi connectivity index (χ1v) is 14.4. The molecule has 12 heteroatoms. The van der Waals surface area contributed by atoms with E-state index >= 15 is 0 Å². The number of nitrogens with zero attached hydrogens (tertiary/aromatic N) is 1. The Morgan fingerprint density at radius 3 is 2.38 bits per heavy atom. The van der Waals surface area contributed by atoms with Crippen molar-refractivity contribution in [3.05, 3.63) is 24.3 Å². The van der Waals surface area contributed by atoms with Crippen LogP contribution in [-0.2, 0) is 14.6 Å². The summed E-state index contributed by atoms with van der Waals surface area (Å²) >= 11 is 1.34. The first-order valence-electron chi connectivity index (χ1n) is 12.0. The number of rotatable bonds is 9. The lowest BCUT2D eigenvalue weighted by Crippen LogP contribution is -2.73. The van der Waals surface area contributed by atoms with Crippen LogP contribution in [0.4, 0.5) is 4.79 Å². The van der Waals surface area contributed by atoms with Gasteiger partial charge in [0.05, 0.1) is 9.64 Å². The summed E-state index contributed by atoms with van der Waals surface area (Å²) in [5, 5.41) is 21.5. The van der Waals surface area contributed by atoms with Crippen molar-refractivity contribution in [2.45, 2.75) is 73.9 Å². The van der Waals surface area contributed by atoms with Gasteiger partial charge < -0.3 is 14.7 Å². The monoisotopic (exact) mass is 555 g/mol. The van der Waals surface area contributed by atoms with Gasteiger partial charge in [0.25, 0.3) is 5.91 Å². The van der Waals surface area contributed by atoms with Crippen molar-refractivity contribution in [3.8, 4) is 17.6 Å². The lowest BCUT2D eigenvalue weighted by Gasteiger charge is -2.47. The Morgan fingerprint density at radius 2 is 1.84 bits per heavy atom. The predicted octanol–water partition coefficient (Wildman–Crippen LogP) is 3.11. The van der Waals surface area contributed by atoms with Gasteiger partial charge >= 0.3 is 6.09 Å². The first kappa shape index (κ1) is 30.8. The summed E-state index contributed by atoms with van der Waals surface area (Å²) in [7, 11) is -4.25. The Kier molecular flexibility index (Phi) is 10.3. The molecular formula is C25H37N3O7S2. The van der Waals surface area contributed by atoms with Crippen LogP contribution in [0, 0.1) is 11.8 Å². The molecule has 1 aromatic rings. The van der Waals surface area contributed by atoms with Gasteiger partial charge in [0.1, 0.15) is 12.4 Å². The molecule has 1 fully saturated rings. The Labute approximate surface area is 223 Å². The summed E-state index contributed by atoms with van der Waals surface area (Å²) < 4.78 is 31.7. The van der Waals surface area contributed by atoms with Crippen LogP contribution >= 0.6 is 11.8 Å². The highest BCUT2D eigenvalue weighted by Crippen LogP contribution is 2.44. The number of unbranched alkanes of at least 4 members (excludes halogenated alkanes) is 2. The third kappa shape index (κ3) is 6.90. The number of hydrogen-bond donors (Lipinski definition) is 4. The maximum atomic E-state index is 13.6. The predicted molar refractivity (Wildman–Crippen MR) is 142 cm³/mol. The average Bonchev–Trinajstić information content (AvgIpc) is 2.81. The van der Waals surface area contributed by atoms with E-state index in [4.69, 9.17) is 4.74 Å². The fourth-order valence-electron chi connectivity index (χ4n) is 4.17. The molecule has 37 heavy (non-hydrogen) atoms. The van der Waals surface area contributed by atoms with Crippen molar-refractivity contribution in [1.29, 1.82) is 0 Å². The second kappa shape index (κ2) is 12.4. The van der Waals surface area contributed by atoms with Crippen LogP contribution in [0.25, 0.3) is 0 Å². The van der Waals surface area contributed by atoms with E-state index in [2.05, 4.69) is 17.2 Å². The number of sulfone groups is 1. The maximum absolute atomic E-state index is 13.6. The van der Waals surface area contributed by atoms with Crippen molar-refractivity contribution < 1.29 is 33.1 Å². The highest BCUT2D eigenvalue weighted by atomic mass is 32.2. The molecule has 1 heterocycles. The molecule has 1 aromatic carbocycles.